The third kappa shape index (κ3) is 2.73. The highest BCUT2D eigenvalue weighted by Crippen LogP contribution is 2.34. The topological polar surface area (TPSA) is 46.3 Å². The van der Waals surface area contributed by atoms with Gasteiger partial charge >= 0.3 is 0 Å². The van der Waals surface area contributed by atoms with E-state index in [9.17, 15) is 0 Å². The number of hydrogen-bond acceptors (Lipinski definition) is 4. The summed E-state index contributed by atoms with van der Waals surface area (Å²) in [5.74, 6) is 0.851. The van der Waals surface area contributed by atoms with Crippen molar-refractivity contribution in [2.75, 3.05) is 18.0 Å². The van der Waals surface area contributed by atoms with E-state index in [0.29, 0.717) is 11.8 Å². The Morgan fingerprint density at radius 2 is 2.12 bits per heavy atom. The molecule has 0 N–H and O–H groups in total. The SMILES string of the molecule is CC(C)c1cc(N2CCC(c3cccc(Cl)c3)C2)c2nncn2n1. The van der Waals surface area contributed by atoms with E-state index in [1.165, 1.54) is 5.56 Å². The summed E-state index contributed by atoms with van der Waals surface area (Å²) < 4.78 is 1.79. The van der Waals surface area contributed by atoms with Crippen LogP contribution in [0.4, 0.5) is 5.69 Å². The maximum absolute atomic E-state index is 6.15. The summed E-state index contributed by atoms with van der Waals surface area (Å²) in [7, 11) is 0. The fraction of sp³-hybridized carbons (Fsp3) is 0.389. The highest BCUT2D eigenvalue weighted by molar-refractivity contribution is 6.30. The Balaban J connectivity index is 1.67. The van der Waals surface area contributed by atoms with Gasteiger partial charge in [-0.3, -0.25) is 0 Å². The maximum Gasteiger partial charge on any atom is 0.200 e. The van der Waals surface area contributed by atoms with E-state index in [0.717, 1.165) is 41.6 Å². The molecule has 3 aromatic rings. The van der Waals surface area contributed by atoms with Crippen LogP contribution in [0, 0.1) is 0 Å². The highest BCUT2D eigenvalue weighted by atomic mass is 35.5. The van der Waals surface area contributed by atoms with Crippen molar-refractivity contribution in [2.45, 2.75) is 32.1 Å². The molecule has 1 aliphatic rings. The minimum atomic E-state index is 0.363. The van der Waals surface area contributed by atoms with Crippen LogP contribution in [0.1, 0.15) is 43.4 Å². The molecule has 1 aliphatic heterocycles. The van der Waals surface area contributed by atoms with Crippen LogP contribution < -0.4 is 4.90 Å². The second-order valence-electron chi connectivity index (χ2n) is 6.69. The van der Waals surface area contributed by atoms with Crippen LogP contribution >= 0.6 is 11.6 Å². The van der Waals surface area contributed by atoms with Gasteiger partial charge in [0.25, 0.3) is 0 Å². The Morgan fingerprint density at radius 3 is 2.92 bits per heavy atom. The van der Waals surface area contributed by atoms with E-state index in [1.54, 1.807) is 10.8 Å². The summed E-state index contributed by atoms with van der Waals surface area (Å²) in [6, 6.07) is 10.4. The van der Waals surface area contributed by atoms with Crippen molar-refractivity contribution in [1.82, 2.24) is 19.8 Å². The summed E-state index contributed by atoms with van der Waals surface area (Å²) in [5, 5.41) is 13.7. The second-order valence-corrected chi connectivity index (χ2v) is 7.13. The van der Waals surface area contributed by atoms with Gasteiger partial charge in [-0.15, -0.1) is 10.2 Å². The first-order valence-electron chi connectivity index (χ1n) is 8.33. The number of rotatable bonds is 3. The lowest BCUT2D eigenvalue weighted by Crippen LogP contribution is -2.21. The van der Waals surface area contributed by atoms with Gasteiger partial charge < -0.3 is 4.90 Å². The number of fused-ring (bicyclic) bond motifs is 1. The fourth-order valence-corrected chi connectivity index (χ4v) is 3.55. The first-order valence-corrected chi connectivity index (χ1v) is 8.71. The van der Waals surface area contributed by atoms with E-state index in [2.05, 4.69) is 52.2 Å². The quantitative estimate of drug-likeness (QED) is 0.725. The maximum atomic E-state index is 6.15. The molecule has 124 valence electrons. The zero-order valence-electron chi connectivity index (χ0n) is 13.9. The molecule has 4 rings (SSSR count). The van der Waals surface area contributed by atoms with Crippen LogP contribution in [0.3, 0.4) is 0 Å². The Labute approximate surface area is 146 Å². The van der Waals surface area contributed by atoms with Crippen LogP contribution in [-0.2, 0) is 0 Å². The van der Waals surface area contributed by atoms with Crippen LogP contribution in [0.2, 0.25) is 5.02 Å². The number of benzene rings is 1. The third-order valence-electron chi connectivity index (χ3n) is 4.71. The molecule has 1 unspecified atom stereocenters. The number of aromatic nitrogens is 4. The van der Waals surface area contributed by atoms with Gasteiger partial charge in [-0.1, -0.05) is 37.6 Å². The van der Waals surface area contributed by atoms with Gasteiger partial charge in [0, 0.05) is 24.0 Å². The molecule has 0 saturated carbocycles. The zero-order valence-corrected chi connectivity index (χ0v) is 14.6. The van der Waals surface area contributed by atoms with Gasteiger partial charge in [-0.2, -0.15) is 9.61 Å². The molecule has 24 heavy (non-hydrogen) atoms. The third-order valence-corrected chi connectivity index (χ3v) is 4.94. The lowest BCUT2D eigenvalue weighted by molar-refractivity contribution is 0.756. The number of anilines is 1. The predicted octanol–water partition coefficient (Wildman–Crippen LogP) is 3.90. The number of nitrogens with zero attached hydrogens (tertiary/aromatic N) is 5. The minimum absolute atomic E-state index is 0.363. The van der Waals surface area contributed by atoms with Gasteiger partial charge in [-0.25, -0.2) is 0 Å². The van der Waals surface area contributed by atoms with Gasteiger partial charge in [0.2, 0.25) is 5.65 Å². The molecule has 0 amide bonds. The van der Waals surface area contributed by atoms with Gasteiger partial charge in [0.1, 0.15) is 6.33 Å². The molecular formula is C18H20ClN5. The molecule has 5 nitrogen and oxygen atoms in total. The van der Waals surface area contributed by atoms with Crippen molar-refractivity contribution in [3.8, 4) is 0 Å². The normalized spacial score (nSPS) is 18.0. The fourth-order valence-electron chi connectivity index (χ4n) is 3.36. The van der Waals surface area contributed by atoms with Crippen LogP contribution in [0.15, 0.2) is 36.7 Å². The molecule has 3 heterocycles. The summed E-state index contributed by atoms with van der Waals surface area (Å²) >= 11 is 6.15. The van der Waals surface area contributed by atoms with Crippen molar-refractivity contribution >= 4 is 22.9 Å². The molecule has 1 fully saturated rings. The molecule has 1 aromatic carbocycles. The van der Waals surface area contributed by atoms with E-state index in [4.69, 9.17) is 11.6 Å². The molecular weight excluding hydrogens is 322 g/mol. The molecule has 0 spiro atoms. The molecule has 6 heteroatoms. The Kier molecular flexibility index (Phi) is 3.88. The van der Waals surface area contributed by atoms with Crippen LogP contribution in [-0.4, -0.2) is 32.9 Å². The smallest absolute Gasteiger partial charge is 0.200 e. The first kappa shape index (κ1) is 15.4. The minimum Gasteiger partial charge on any atom is -0.368 e. The number of halogens is 1. The van der Waals surface area contributed by atoms with Crippen LogP contribution in [0.5, 0.6) is 0 Å². The molecule has 0 radical (unpaired) electrons. The summed E-state index contributed by atoms with van der Waals surface area (Å²) in [6.07, 6.45) is 2.79. The Hall–Kier alpha value is -2.14. The van der Waals surface area contributed by atoms with Crippen molar-refractivity contribution in [3.05, 3.63) is 52.9 Å². The number of hydrogen-bond donors (Lipinski definition) is 0. The summed E-state index contributed by atoms with van der Waals surface area (Å²) in [4.78, 5) is 2.39. The highest BCUT2D eigenvalue weighted by Gasteiger charge is 2.27. The summed E-state index contributed by atoms with van der Waals surface area (Å²) in [6.45, 7) is 6.27. The predicted molar refractivity (Wildman–Crippen MR) is 95.9 cm³/mol. The molecule has 1 atom stereocenters. The van der Waals surface area contributed by atoms with Gasteiger partial charge in [0.15, 0.2) is 0 Å². The van der Waals surface area contributed by atoms with Gasteiger partial charge in [-0.05, 0) is 36.1 Å². The molecule has 0 bridgehead atoms. The lowest BCUT2D eigenvalue weighted by atomic mass is 9.99. The Bertz CT molecular complexity index is 873. The van der Waals surface area contributed by atoms with E-state index < -0.39 is 0 Å². The standard InChI is InChI=1S/C18H20ClN5/c1-12(2)16-9-17(18-21-20-11-24(18)22-16)23-7-6-14(10-23)13-4-3-5-15(19)8-13/h3-5,8-9,11-12,14H,6-7,10H2,1-2H3. The van der Waals surface area contributed by atoms with Crippen molar-refractivity contribution in [3.63, 3.8) is 0 Å². The summed E-state index contributed by atoms with van der Waals surface area (Å²) in [5.41, 5.74) is 4.31. The Morgan fingerprint density at radius 1 is 1.25 bits per heavy atom. The van der Waals surface area contributed by atoms with E-state index >= 15 is 0 Å². The second kappa shape index (κ2) is 6.06. The lowest BCUT2D eigenvalue weighted by Gasteiger charge is -2.20. The van der Waals surface area contributed by atoms with Crippen LogP contribution in [0.25, 0.3) is 5.65 Å². The largest absolute Gasteiger partial charge is 0.368 e. The monoisotopic (exact) mass is 341 g/mol. The average Bonchev–Trinajstić information content (AvgIpc) is 3.23. The van der Waals surface area contributed by atoms with Crippen molar-refractivity contribution in [2.24, 2.45) is 0 Å². The van der Waals surface area contributed by atoms with Crippen molar-refractivity contribution in [1.29, 1.82) is 0 Å². The van der Waals surface area contributed by atoms with Gasteiger partial charge in [0.05, 0.1) is 11.4 Å². The molecule has 1 saturated heterocycles. The average molecular weight is 342 g/mol. The van der Waals surface area contributed by atoms with E-state index in [-0.39, 0.29) is 0 Å². The molecule has 2 aromatic heterocycles. The van der Waals surface area contributed by atoms with Crippen molar-refractivity contribution < 1.29 is 0 Å². The van der Waals surface area contributed by atoms with E-state index in [1.807, 2.05) is 12.1 Å². The molecule has 0 aliphatic carbocycles. The first-order chi connectivity index (χ1) is 11.6. The zero-order chi connectivity index (χ0) is 16.7.